The third-order valence-corrected chi connectivity index (χ3v) is 7.70. The molecule has 8 nitrogen and oxygen atoms in total. The van der Waals surface area contributed by atoms with E-state index < -0.39 is 12.1 Å². The lowest BCUT2D eigenvalue weighted by Gasteiger charge is -2.38. The molecular weight excluding hydrogens is 568 g/mol. The Bertz CT molecular complexity index is 1060. The molecule has 4 amide bonds. The van der Waals surface area contributed by atoms with Gasteiger partial charge in [-0.05, 0) is 48.5 Å². The molecule has 10 heteroatoms. The molecule has 0 spiro atoms. The van der Waals surface area contributed by atoms with Crippen molar-refractivity contribution < 1.29 is 19.2 Å². The number of halogens is 2. The Labute approximate surface area is 213 Å². The van der Waals surface area contributed by atoms with Crippen LogP contribution in [-0.2, 0) is 19.2 Å². The van der Waals surface area contributed by atoms with Gasteiger partial charge in [0.05, 0.1) is 36.3 Å². The molecule has 0 bridgehead atoms. The first-order valence-corrected chi connectivity index (χ1v) is 12.6. The van der Waals surface area contributed by atoms with Crippen molar-refractivity contribution in [2.45, 2.75) is 24.9 Å². The highest BCUT2D eigenvalue weighted by molar-refractivity contribution is 9.10. The molecule has 3 saturated heterocycles. The fourth-order valence-corrected chi connectivity index (χ4v) is 5.41. The van der Waals surface area contributed by atoms with Crippen molar-refractivity contribution in [1.82, 2.24) is 9.80 Å². The van der Waals surface area contributed by atoms with Crippen molar-refractivity contribution >= 4 is 66.9 Å². The van der Waals surface area contributed by atoms with E-state index in [0.717, 1.165) is 8.95 Å². The molecule has 0 saturated carbocycles. The van der Waals surface area contributed by atoms with Gasteiger partial charge in [0.25, 0.3) is 11.8 Å². The number of imide groups is 2. The van der Waals surface area contributed by atoms with Gasteiger partial charge in [-0.25, -0.2) is 9.80 Å². The molecule has 3 fully saturated rings. The fraction of sp³-hybridized carbons (Fsp3) is 0.333. The van der Waals surface area contributed by atoms with Gasteiger partial charge in [0.2, 0.25) is 11.8 Å². The van der Waals surface area contributed by atoms with E-state index in [9.17, 15) is 19.2 Å². The Morgan fingerprint density at radius 1 is 0.559 bits per heavy atom. The second-order valence-electron chi connectivity index (χ2n) is 8.60. The first kappa shape index (κ1) is 23.3. The van der Waals surface area contributed by atoms with Crippen molar-refractivity contribution in [2.24, 2.45) is 0 Å². The quantitative estimate of drug-likeness (QED) is 0.510. The normalized spacial score (nSPS) is 24.5. The Balaban J connectivity index is 1.23. The molecule has 3 aliphatic heterocycles. The van der Waals surface area contributed by atoms with Gasteiger partial charge in [-0.1, -0.05) is 31.9 Å². The van der Waals surface area contributed by atoms with Crippen LogP contribution in [0.25, 0.3) is 0 Å². The predicted molar refractivity (Wildman–Crippen MR) is 133 cm³/mol. The summed E-state index contributed by atoms with van der Waals surface area (Å²) in [5, 5.41) is 0. The van der Waals surface area contributed by atoms with Crippen LogP contribution in [0.1, 0.15) is 12.8 Å². The molecule has 2 aromatic carbocycles. The van der Waals surface area contributed by atoms with Crippen LogP contribution in [0.3, 0.4) is 0 Å². The summed E-state index contributed by atoms with van der Waals surface area (Å²) in [5.41, 5.74) is 1.14. The van der Waals surface area contributed by atoms with Crippen LogP contribution in [0.15, 0.2) is 57.5 Å². The van der Waals surface area contributed by atoms with Crippen molar-refractivity contribution in [3.8, 4) is 0 Å². The van der Waals surface area contributed by atoms with Crippen molar-refractivity contribution in [3.05, 3.63) is 57.5 Å². The first-order chi connectivity index (χ1) is 16.3. The molecular formula is C24H22Br2N4O4. The molecule has 0 N–H and O–H groups in total. The minimum Gasteiger partial charge on any atom is -0.289 e. The molecule has 0 unspecified atom stereocenters. The van der Waals surface area contributed by atoms with E-state index in [1.165, 1.54) is 9.80 Å². The Morgan fingerprint density at radius 2 is 0.882 bits per heavy atom. The average molecular weight is 590 g/mol. The number of amides is 4. The maximum Gasteiger partial charge on any atom is 0.251 e. The lowest BCUT2D eigenvalue weighted by molar-refractivity contribution is -0.126. The molecule has 3 heterocycles. The lowest BCUT2D eigenvalue weighted by atomic mass is 10.1. The summed E-state index contributed by atoms with van der Waals surface area (Å²) < 4.78 is 1.75. The van der Waals surface area contributed by atoms with E-state index in [1.54, 1.807) is 48.5 Å². The van der Waals surface area contributed by atoms with Crippen molar-refractivity contribution in [3.63, 3.8) is 0 Å². The largest absolute Gasteiger partial charge is 0.289 e. The Kier molecular flexibility index (Phi) is 6.41. The van der Waals surface area contributed by atoms with Crippen LogP contribution < -0.4 is 9.80 Å². The molecule has 0 aromatic heterocycles. The minimum absolute atomic E-state index is 0.146. The van der Waals surface area contributed by atoms with E-state index in [2.05, 4.69) is 31.9 Å². The number of carbonyl (C=O) groups excluding carboxylic acids is 4. The van der Waals surface area contributed by atoms with Crippen molar-refractivity contribution in [2.75, 3.05) is 36.0 Å². The summed E-state index contributed by atoms with van der Waals surface area (Å²) in [7, 11) is 0. The number of hydrogen-bond donors (Lipinski definition) is 0. The Hall–Kier alpha value is -2.40. The lowest BCUT2D eigenvalue weighted by Crippen LogP contribution is -2.56. The van der Waals surface area contributed by atoms with Crippen LogP contribution in [0.2, 0.25) is 0 Å². The van der Waals surface area contributed by atoms with Crippen LogP contribution in [0.5, 0.6) is 0 Å². The van der Waals surface area contributed by atoms with E-state index >= 15 is 0 Å². The first-order valence-electron chi connectivity index (χ1n) is 11.1. The summed E-state index contributed by atoms with van der Waals surface area (Å²) in [5.74, 6) is -0.841. The maximum atomic E-state index is 13.1. The average Bonchev–Trinajstić information content (AvgIpc) is 3.29. The summed E-state index contributed by atoms with van der Waals surface area (Å²) in [4.78, 5) is 58.0. The molecule has 2 atom stereocenters. The van der Waals surface area contributed by atoms with Gasteiger partial charge in [0, 0.05) is 35.1 Å². The van der Waals surface area contributed by atoms with Gasteiger partial charge < -0.3 is 0 Å². The summed E-state index contributed by atoms with van der Waals surface area (Å²) in [6, 6.07) is 13.2. The minimum atomic E-state index is -0.501. The van der Waals surface area contributed by atoms with Crippen LogP contribution >= 0.6 is 31.9 Å². The van der Waals surface area contributed by atoms with Gasteiger partial charge in [-0.2, -0.15) is 0 Å². The van der Waals surface area contributed by atoms with Crippen LogP contribution in [0, 0.1) is 0 Å². The van der Waals surface area contributed by atoms with Gasteiger partial charge >= 0.3 is 0 Å². The van der Waals surface area contributed by atoms with E-state index in [-0.39, 0.29) is 36.5 Å². The standard InChI is InChI=1S/C24H22Br2N4O4/c25-15-1-5-17(6-2-15)29-21(31)13-19(23(29)33)27-9-11-28(12-10-27)20-14-22(32)30(24(20)34)18-7-3-16(26)4-8-18/h1-8,19-20H,9-14H2/t19-,20-/m0/s1. The molecule has 0 aliphatic carbocycles. The van der Waals surface area contributed by atoms with Crippen LogP contribution in [0.4, 0.5) is 11.4 Å². The summed E-state index contributed by atoms with van der Waals surface area (Å²) in [6.45, 7) is 2.20. The SMILES string of the molecule is O=C1C[C@H](N2CCN([C@H]3CC(=O)N(c4ccc(Br)cc4)C3=O)CC2)C(=O)N1c1ccc(Br)cc1. The number of rotatable bonds is 4. The zero-order chi connectivity index (χ0) is 24.0. The molecule has 2 aromatic rings. The topological polar surface area (TPSA) is 81.2 Å². The molecule has 176 valence electrons. The van der Waals surface area contributed by atoms with Gasteiger partial charge in [0.1, 0.15) is 0 Å². The van der Waals surface area contributed by atoms with Crippen LogP contribution in [-0.4, -0.2) is 71.7 Å². The second kappa shape index (κ2) is 9.33. The van der Waals surface area contributed by atoms with E-state index in [4.69, 9.17) is 0 Å². The van der Waals surface area contributed by atoms with E-state index in [1.807, 2.05) is 9.80 Å². The number of benzene rings is 2. The summed E-state index contributed by atoms with van der Waals surface area (Å²) in [6.07, 6.45) is 0.292. The van der Waals surface area contributed by atoms with E-state index in [0.29, 0.717) is 37.6 Å². The smallest absolute Gasteiger partial charge is 0.251 e. The highest BCUT2D eigenvalue weighted by atomic mass is 79.9. The monoisotopic (exact) mass is 588 g/mol. The third-order valence-electron chi connectivity index (χ3n) is 6.65. The third kappa shape index (κ3) is 4.24. The van der Waals surface area contributed by atoms with Gasteiger partial charge in [0.15, 0.2) is 0 Å². The summed E-state index contributed by atoms with van der Waals surface area (Å²) >= 11 is 6.74. The van der Waals surface area contributed by atoms with Gasteiger partial charge in [-0.15, -0.1) is 0 Å². The molecule has 34 heavy (non-hydrogen) atoms. The highest BCUT2D eigenvalue weighted by Gasteiger charge is 2.46. The predicted octanol–water partition coefficient (Wildman–Crippen LogP) is 2.79. The van der Waals surface area contributed by atoms with Crippen molar-refractivity contribution in [1.29, 1.82) is 0 Å². The molecule has 0 radical (unpaired) electrons. The highest BCUT2D eigenvalue weighted by Crippen LogP contribution is 2.30. The molecule has 3 aliphatic rings. The zero-order valence-electron chi connectivity index (χ0n) is 18.2. The number of hydrogen-bond acceptors (Lipinski definition) is 6. The maximum absolute atomic E-state index is 13.1. The number of nitrogens with zero attached hydrogens (tertiary/aromatic N) is 4. The number of carbonyl (C=O) groups is 4. The zero-order valence-corrected chi connectivity index (χ0v) is 21.4. The Morgan fingerprint density at radius 3 is 1.21 bits per heavy atom. The van der Waals surface area contributed by atoms with Gasteiger partial charge in [-0.3, -0.25) is 29.0 Å². The fourth-order valence-electron chi connectivity index (χ4n) is 4.89. The number of anilines is 2. The number of piperazine rings is 1. The second-order valence-corrected chi connectivity index (χ2v) is 10.4. The molecule has 5 rings (SSSR count).